The monoisotopic (exact) mass is 516 g/mol. The summed E-state index contributed by atoms with van der Waals surface area (Å²) in [6.07, 6.45) is 0.0148. The largest absolute Gasteiger partial charge is 0.480 e. The number of hydrogen-bond acceptors (Lipinski definition) is 5. The van der Waals surface area contributed by atoms with Gasteiger partial charge in [0.15, 0.2) is 0 Å². The first-order valence-corrected chi connectivity index (χ1v) is 10.8. The lowest BCUT2D eigenvalue weighted by Gasteiger charge is -2.34. The zero-order valence-corrected chi connectivity index (χ0v) is 20.1. The van der Waals surface area contributed by atoms with E-state index >= 15 is 0 Å². The van der Waals surface area contributed by atoms with Gasteiger partial charge in [-0.3, -0.25) is 4.79 Å². The Hall–Kier alpha value is -1.04. The molecule has 1 heterocycles. The minimum atomic E-state index is -4.32. The number of piperidine rings is 1. The Balaban J connectivity index is 0.00000512. The molecule has 1 saturated heterocycles. The van der Waals surface area contributed by atoms with Crippen molar-refractivity contribution in [3.8, 4) is 0 Å². The summed E-state index contributed by atoms with van der Waals surface area (Å²) in [6.45, 7) is 2.17. The summed E-state index contributed by atoms with van der Waals surface area (Å²) in [7, 11) is -1.39. The third kappa shape index (κ3) is 10.8. The van der Waals surface area contributed by atoms with E-state index in [1.165, 1.54) is 0 Å². The molecule has 33 heavy (non-hydrogen) atoms. The van der Waals surface area contributed by atoms with Gasteiger partial charge in [-0.2, -0.15) is 13.2 Å². The molecule has 1 unspecified atom stereocenters. The molecule has 1 aliphatic heterocycles. The van der Waals surface area contributed by atoms with Crippen LogP contribution in [0.5, 0.6) is 0 Å². The van der Waals surface area contributed by atoms with E-state index in [-0.39, 0.29) is 37.6 Å². The topological polar surface area (TPSA) is 107 Å². The quantitative estimate of drug-likeness (QED) is 0.264. The number of aliphatic carboxylic acids is 1. The maximum atomic E-state index is 12.7. The summed E-state index contributed by atoms with van der Waals surface area (Å²) in [5, 5.41) is 27.3. The Bertz CT molecular complexity index is 706. The van der Waals surface area contributed by atoms with Crippen LogP contribution in [0.4, 0.5) is 13.2 Å². The fourth-order valence-electron chi connectivity index (χ4n) is 4.04. The predicted molar refractivity (Wildman–Crippen MR) is 127 cm³/mol. The second kappa shape index (κ2) is 14.4. The normalized spacial score (nSPS) is 16.9. The molecule has 0 radical (unpaired) electrons. The van der Waals surface area contributed by atoms with Crippen LogP contribution < -0.4 is 5.73 Å². The van der Waals surface area contributed by atoms with Gasteiger partial charge in [-0.25, -0.2) is 0 Å². The van der Waals surface area contributed by atoms with Crippen molar-refractivity contribution in [1.82, 2.24) is 4.90 Å². The molecule has 0 aliphatic carbocycles. The van der Waals surface area contributed by atoms with Crippen molar-refractivity contribution in [2.75, 3.05) is 19.6 Å². The lowest BCUT2D eigenvalue weighted by Crippen LogP contribution is -2.50. The molecule has 5 N–H and O–H groups in total. The highest BCUT2D eigenvalue weighted by Crippen LogP contribution is 2.30. The number of hydrogen-bond donors (Lipinski definition) is 4. The molecule has 0 aromatic heterocycles. The Morgan fingerprint density at radius 1 is 1.06 bits per heavy atom. The predicted octanol–water partition coefficient (Wildman–Crippen LogP) is 3.62. The molecule has 2 rings (SSSR count). The van der Waals surface area contributed by atoms with Crippen LogP contribution in [0.2, 0.25) is 6.32 Å². The van der Waals surface area contributed by atoms with E-state index in [1.54, 1.807) is 12.1 Å². The molecule has 0 bridgehead atoms. The standard InChI is InChI=1S/C21H32BF3N2O4.2ClH/c23-21(24,25)18-5-3-16(4-6-18)15-17-7-12-27(13-8-17)14-10-20(26,19(28)29)9-1-2-11-22(30)31;;/h3-6,17,30-31H,1-2,7-15,26H2,(H,28,29);2*1H. The summed E-state index contributed by atoms with van der Waals surface area (Å²) >= 11 is 0. The second-order valence-electron chi connectivity index (χ2n) is 8.62. The molecular weight excluding hydrogens is 483 g/mol. The van der Waals surface area contributed by atoms with Crippen molar-refractivity contribution in [3.05, 3.63) is 35.4 Å². The number of nitrogens with zero attached hydrogens (tertiary/aromatic N) is 1. The first-order chi connectivity index (χ1) is 14.5. The van der Waals surface area contributed by atoms with Crippen LogP contribution in [0.15, 0.2) is 24.3 Å². The highest BCUT2D eigenvalue weighted by Gasteiger charge is 2.34. The number of nitrogens with two attached hydrogens (primary N) is 1. The van der Waals surface area contributed by atoms with Crippen molar-refractivity contribution in [2.45, 2.75) is 63.0 Å². The first-order valence-electron chi connectivity index (χ1n) is 10.8. The maximum absolute atomic E-state index is 12.7. The lowest BCUT2D eigenvalue weighted by atomic mass is 9.81. The third-order valence-corrected chi connectivity index (χ3v) is 6.15. The van der Waals surface area contributed by atoms with Crippen LogP contribution in [0.1, 0.15) is 49.7 Å². The average Bonchev–Trinajstić information content (AvgIpc) is 2.70. The molecule has 0 saturated carbocycles. The smallest absolute Gasteiger partial charge is 0.451 e. The van der Waals surface area contributed by atoms with Gasteiger partial charge in [0, 0.05) is 6.54 Å². The van der Waals surface area contributed by atoms with Crippen LogP contribution in [-0.2, 0) is 17.4 Å². The summed E-state index contributed by atoms with van der Waals surface area (Å²) < 4.78 is 38.0. The molecule has 1 aliphatic rings. The number of likely N-dealkylation sites (tertiary alicyclic amines) is 1. The highest BCUT2D eigenvalue weighted by atomic mass is 35.5. The Kier molecular flexibility index (Phi) is 13.9. The minimum Gasteiger partial charge on any atom is -0.480 e. The molecule has 1 fully saturated rings. The number of carboxylic acids is 1. The van der Waals surface area contributed by atoms with Crippen LogP contribution >= 0.6 is 24.8 Å². The third-order valence-electron chi connectivity index (χ3n) is 6.15. The summed E-state index contributed by atoms with van der Waals surface area (Å²) in [4.78, 5) is 13.8. The summed E-state index contributed by atoms with van der Waals surface area (Å²) in [6, 6.07) is 5.33. The summed E-state index contributed by atoms with van der Waals surface area (Å²) in [5.74, 6) is -0.658. The zero-order chi connectivity index (χ0) is 23.1. The fraction of sp³-hybridized carbons (Fsp3) is 0.667. The molecule has 190 valence electrons. The van der Waals surface area contributed by atoms with E-state index in [1.807, 2.05) is 0 Å². The van der Waals surface area contributed by atoms with Gasteiger partial charge in [-0.05, 0) is 75.1 Å². The SMILES string of the molecule is Cl.Cl.NC(CCCCB(O)O)(CCN1CCC(Cc2ccc(C(F)(F)F)cc2)CC1)C(=O)O. The van der Waals surface area contributed by atoms with E-state index < -0.39 is 30.4 Å². The average molecular weight is 517 g/mol. The first kappa shape index (κ1) is 32.0. The van der Waals surface area contributed by atoms with E-state index in [0.717, 1.165) is 50.0 Å². The van der Waals surface area contributed by atoms with E-state index in [2.05, 4.69) is 4.90 Å². The molecule has 1 aromatic rings. The molecule has 1 aromatic carbocycles. The number of carboxylic acid groups (broad SMARTS) is 1. The molecule has 0 amide bonds. The number of unbranched alkanes of at least 4 members (excludes halogenated alkanes) is 1. The highest BCUT2D eigenvalue weighted by molar-refractivity contribution is 6.40. The van der Waals surface area contributed by atoms with Gasteiger partial charge in [0.1, 0.15) is 5.54 Å². The van der Waals surface area contributed by atoms with Crippen LogP contribution in [0.3, 0.4) is 0 Å². The second-order valence-corrected chi connectivity index (χ2v) is 8.62. The van der Waals surface area contributed by atoms with E-state index in [0.29, 0.717) is 31.7 Å². The van der Waals surface area contributed by atoms with E-state index in [4.69, 9.17) is 15.8 Å². The number of halogens is 5. The Morgan fingerprint density at radius 3 is 2.12 bits per heavy atom. The van der Waals surface area contributed by atoms with Gasteiger partial charge in [-0.1, -0.05) is 25.0 Å². The van der Waals surface area contributed by atoms with Gasteiger partial charge >= 0.3 is 19.3 Å². The van der Waals surface area contributed by atoms with E-state index in [9.17, 15) is 23.1 Å². The number of rotatable bonds is 11. The van der Waals surface area contributed by atoms with Gasteiger partial charge < -0.3 is 25.8 Å². The van der Waals surface area contributed by atoms with Crippen molar-refractivity contribution >= 4 is 37.9 Å². The van der Waals surface area contributed by atoms with Gasteiger partial charge in [0.05, 0.1) is 5.56 Å². The zero-order valence-electron chi connectivity index (χ0n) is 18.5. The number of carbonyl (C=O) groups is 1. The van der Waals surface area contributed by atoms with Crippen LogP contribution in [0.25, 0.3) is 0 Å². The van der Waals surface area contributed by atoms with Crippen LogP contribution in [0, 0.1) is 5.92 Å². The minimum absolute atomic E-state index is 0. The number of benzene rings is 1. The molecule has 6 nitrogen and oxygen atoms in total. The molecular formula is C21H34BCl2F3N2O4. The van der Waals surface area contributed by atoms with Gasteiger partial charge in [-0.15, -0.1) is 24.8 Å². The lowest BCUT2D eigenvalue weighted by molar-refractivity contribution is -0.144. The van der Waals surface area contributed by atoms with Crippen molar-refractivity contribution in [2.24, 2.45) is 11.7 Å². The van der Waals surface area contributed by atoms with Crippen molar-refractivity contribution < 1.29 is 33.1 Å². The van der Waals surface area contributed by atoms with Gasteiger partial charge in [0.2, 0.25) is 0 Å². The molecule has 12 heteroatoms. The van der Waals surface area contributed by atoms with Crippen molar-refractivity contribution in [3.63, 3.8) is 0 Å². The molecule has 0 spiro atoms. The molecule has 1 atom stereocenters. The van der Waals surface area contributed by atoms with Gasteiger partial charge in [0.25, 0.3) is 0 Å². The van der Waals surface area contributed by atoms with Crippen LogP contribution in [-0.4, -0.2) is 58.3 Å². The summed E-state index contributed by atoms with van der Waals surface area (Å²) in [5.41, 5.74) is 5.04. The maximum Gasteiger partial charge on any atom is 0.451 e. The Labute approximate surface area is 205 Å². The fourth-order valence-corrected chi connectivity index (χ4v) is 4.04. The van der Waals surface area contributed by atoms with Crippen molar-refractivity contribution in [1.29, 1.82) is 0 Å². The number of alkyl halides is 3. The Morgan fingerprint density at radius 2 is 1.64 bits per heavy atom.